The predicted molar refractivity (Wildman–Crippen MR) is 145 cm³/mol. The van der Waals surface area contributed by atoms with Gasteiger partial charge in [0.1, 0.15) is 0 Å². The van der Waals surface area contributed by atoms with Gasteiger partial charge in [0.2, 0.25) is 0 Å². The quantitative estimate of drug-likeness (QED) is 0.247. The first-order valence-corrected chi connectivity index (χ1v) is 12.1. The van der Waals surface area contributed by atoms with Crippen LogP contribution in [-0.4, -0.2) is 24.7 Å². The first-order chi connectivity index (χ1) is 16.2. The Morgan fingerprint density at radius 1 is 0.853 bits per heavy atom. The van der Waals surface area contributed by atoms with Gasteiger partial charge >= 0.3 is 0 Å². The first-order valence-electron chi connectivity index (χ1n) is 10.2. The zero-order valence-electron chi connectivity index (χ0n) is 18.2. The van der Waals surface area contributed by atoms with Gasteiger partial charge in [-0.15, -0.1) is 0 Å². The highest BCUT2D eigenvalue weighted by Gasteiger charge is 2.15. The Morgan fingerprint density at radius 3 is 2.09 bits per heavy atom. The molecule has 11 heteroatoms. The summed E-state index contributed by atoms with van der Waals surface area (Å²) in [6.45, 7) is 4.92. The van der Waals surface area contributed by atoms with Gasteiger partial charge in [0.05, 0.1) is 30.2 Å². The fourth-order valence-corrected chi connectivity index (χ4v) is 4.59. The van der Waals surface area contributed by atoms with Crippen LogP contribution in [0.4, 0.5) is 11.5 Å². The van der Waals surface area contributed by atoms with Crippen LogP contribution in [0.2, 0.25) is 20.1 Å². The molecule has 0 unspecified atom stereocenters. The van der Waals surface area contributed by atoms with Crippen LogP contribution in [0, 0.1) is 13.8 Å². The van der Waals surface area contributed by atoms with Crippen LogP contribution in [-0.2, 0) is 13.1 Å². The summed E-state index contributed by atoms with van der Waals surface area (Å²) in [5.41, 5.74) is 4.41. The third-order valence-corrected chi connectivity index (χ3v) is 6.56. The van der Waals surface area contributed by atoms with Gasteiger partial charge in [-0.2, -0.15) is 10.2 Å². The van der Waals surface area contributed by atoms with E-state index in [1.165, 1.54) is 0 Å². The fourth-order valence-electron chi connectivity index (χ4n) is 3.44. The smallest absolute Gasteiger partial charge is 0.176 e. The van der Waals surface area contributed by atoms with Crippen molar-refractivity contribution in [3.8, 4) is 0 Å². The van der Waals surface area contributed by atoms with Gasteiger partial charge in [0, 0.05) is 32.4 Å². The molecule has 0 spiro atoms. The number of anilines is 2. The predicted octanol–water partition coefficient (Wildman–Crippen LogP) is 7.22. The largest absolute Gasteiger partial charge is 0.329 e. The second kappa shape index (κ2) is 10.5. The Morgan fingerprint density at radius 2 is 1.47 bits per heavy atom. The van der Waals surface area contributed by atoms with Gasteiger partial charge < -0.3 is 10.6 Å². The lowest BCUT2D eigenvalue weighted by Crippen LogP contribution is -2.20. The van der Waals surface area contributed by atoms with E-state index in [-0.39, 0.29) is 0 Å². The van der Waals surface area contributed by atoms with Gasteiger partial charge in [-0.1, -0.05) is 58.5 Å². The molecule has 2 aromatic heterocycles. The Bertz CT molecular complexity index is 1360. The van der Waals surface area contributed by atoms with E-state index in [1.807, 2.05) is 49.0 Å². The Kier molecular flexibility index (Phi) is 7.70. The van der Waals surface area contributed by atoms with E-state index >= 15 is 0 Å². The maximum absolute atomic E-state index is 6.33. The number of nitrogens with zero attached hydrogens (tertiary/aromatic N) is 4. The normalized spacial score (nSPS) is 11.0. The Labute approximate surface area is 222 Å². The van der Waals surface area contributed by atoms with Crippen molar-refractivity contribution in [2.24, 2.45) is 0 Å². The number of aryl methyl sites for hydroxylation is 1. The van der Waals surface area contributed by atoms with E-state index in [1.54, 1.807) is 22.9 Å². The van der Waals surface area contributed by atoms with Crippen molar-refractivity contribution in [1.29, 1.82) is 0 Å². The SMILES string of the molecule is Cc1nn(Cc2ccc(Cl)cc2Cl)c(C)c1NC(=S)Nc1ccn(Cc2ccc(Cl)cc2Cl)n1. The maximum Gasteiger partial charge on any atom is 0.176 e. The van der Waals surface area contributed by atoms with Crippen LogP contribution in [0.5, 0.6) is 0 Å². The monoisotopic (exact) mass is 552 g/mol. The molecule has 0 saturated carbocycles. The minimum absolute atomic E-state index is 0.407. The van der Waals surface area contributed by atoms with E-state index in [9.17, 15) is 0 Å². The molecule has 0 bridgehead atoms. The number of benzene rings is 2. The average molecular weight is 554 g/mol. The molecule has 176 valence electrons. The van der Waals surface area contributed by atoms with Gasteiger partial charge in [-0.05, 0) is 61.5 Å². The van der Waals surface area contributed by atoms with Gasteiger partial charge in [0.25, 0.3) is 0 Å². The van der Waals surface area contributed by atoms with Crippen molar-refractivity contribution in [3.05, 3.63) is 91.3 Å². The van der Waals surface area contributed by atoms with E-state index < -0.39 is 0 Å². The van der Waals surface area contributed by atoms with Crippen molar-refractivity contribution in [2.75, 3.05) is 10.6 Å². The Balaban J connectivity index is 1.41. The zero-order chi connectivity index (χ0) is 24.4. The summed E-state index contributed by atoms with van der Waals surface area (Å²) in [5, 5.41) is 18.3. The lowest BCUT2D eigenvalue weighted by atomic mass is 10.2. The summed E-state index contributed by atoms with van der Waals surface area (Å²) in [6.07, 6.45) is 1.85. The van der Waals surface area contributed by atoms with E-state index in [0.29, 0.717) is 44.1 Å². The van der Waals surface area contributed by atoms with Crippen molar-refractivity contribution in [3.63, 3.8) is 0 Å². The van der Waals surface area contributed by atoms with E-state index in [0.717, 1.165) is 28.2 Å². The third kappa shape index (κ3) is 5.85. The summed E-state index contributed by atoms with van der Waals surface area (Å²) >= 11 is 30.1. The summed E-state index contributed by atoms with van der Waals surface area (Å²) in [7, 11) is 0. The van der Waals surface area contributed by atoms with Crippen LogP contribution in [0.25, 0.3) is 0 Å². The molecule has 2 N–H and O–H groups in total. The Hall–Kier alpha value is -2.29. The molecule has 2 heterocycles. The molecule has 0 fully saturated rings. The van der Waals surface area contributed by atoms with Crippen LogP contribution < -0.4 is 10.6 Å². The highest BCUT2D eigenvalue weighted by molar-refractivity contribution is 7.80. The second-order valence-electron chi connectivity index (χ2n) is 7.65. The molecule has 0 radical (unpaired) electrons. The van der Waals surface area contributed by atoms with Crippen molar-refractivity contribution < 1.29 is 0 Å². The van der Waals surface area contributed by atoms with Crippen LogP contribution in [0.15, 0.2) is 48.7 Å². The number of aromatic nitrogens is 4. The molecule has 0 saturated heterocycles. The highest BCUT2D eigenvalue weighted by Crippen LogP contribution is 2.25. The first kappa shape index (κ1) is 24.8. The standard InChI is InChI=1S/C23H20Cl4N6S/c1-13-22(14(2)33(30-13)12-16-4-6-18(25)10-20(16)27)29-23(34)28-21-7-8-32(31-21)11-15-3-5-17(24)9-19(15)26/h3-10H,11-12H2,1-2H3,(H2,28,29,31,34). The van der Waals surface area contributed by atoms with E-state index in [4.69, 9.17) is 58.6 Å². The summed E-state index contributed by atoms with van der Waals surface area (Å²) in [6, 6.07) is 12.7. The molecular weight excluding hydrogens is 534 g/mol. The van der Waals surface area contributed by atoms with Gasteiger partial charge in [-0.25, -0.2) is 0 Å². The average Bonchev–Trinajstić information content (AvgIpc) is 3.31. The van der Waals surface area contributed by atoms with Crippen LogP contribution in [0.1, 0.15) is 22.5 Å². The van der Waals surface area contributed by atoms with Crippen molar-refractivity contribution in [1.82, 2.24) is 19.6 Å². The molecule has 34 heavy (non-hydrogen) atoms. The summed E-state index contributed by atoms with van der Waals surface area (Å²) in [5.74, 6) is 0.609. The van der Waals surface area contributed by atoms with E-state index in [2.05, 4.69) is 20.8 Å². The number of nitrogens with one attached hydrogen (secondary N) is 2. The number of hydrogen-bond acceptors (Lipinski definition) is 3. The molecule has 0 aliphatic heterocycles. The lowest BCUT2D eigenvalue weighted by molar-refractivity contribution is 0.659. The van der Waals surface area contributed by atoms with Crippen LogP contribution >= 0.6 is 58.6 Å². The molecule has 4 aromatic rings. The minimum Gasteiger partial charge on any atom is -0.329 e. The van der Waals surface area contributed by atoms with Crippen molar-refractivity contribution in [2.45, 2.75) is 26.9 Å². The molecule has 0 aliphatic carbocycles. The molecule has 4 rings (SSSR count). The van der Waals surface area contributed by atoms with Gasteiger partial charge in [0.15, 0.2) is 10.9 Å². The summed E-state index contributed by atoms with van der Waals surface area (Å²) < 4.78 is 3.64. The molecule has 0 amide bonds. The minimum atomic E-state index is 0.407. The molecule has 2 aromatic carbocycles. The van der Waals surface area contributed by atoms with Crippen molar-refractivity contribution >= 4 is 75.2 Å². The number of hydrogen-bond donors (Lipinski definition) is 2. The molecule has 0 aliphatic rings. The third-order valence-electron chi connectivity index (χ3n) is 5.18. The summed E-state index contributed by atoms with van der Waals surface area (Å²) in [4.78, 5) is 0. The second-order valence-corrected chi connectivity index (χ2v) is 9.75. The zero-order valence-corrected chi connectivity index (χ0v) is 22.1. The molecular formula is C23H20Cl4N6S. The topological polar surface area (TPSA) is 59.7 Å². The number of thiocarbonyl (C=S) groups is 1. The molecule has 6 nitrogen and oxygen atoms in total. The number of halogens is 4. The van der Waals surface area contributed by atoms with Gasteiger partial charge in [-0.3, -0.25) is 9.36 Å². The van der Waals surface area contributed by atoms with Crippen LogP contribution in [0.3, 0.4) is 0 Å². The highest BCUT2D eigenvalue weighted by atomic mass is 35.5. The fraction of sp³-hybridized carbons (Fsp3) is 0.174. The molecule has 0 atom stereocenters. The lowest BCUT2D eigenvalue weighted by Gasteiger charge is -2.10. The maximum atomic E-state index is 6.33. The number of rotatable bonds is 6.